The summed E-state index contributed by atoms with van der Waals surface area (Å²) in [6, 6.07) is -0.480. The molecule has 0 spiro atoms. The van der Waals surface area contributed by atoms with Crippen LogP contribution in [0.2, 0.25) is 0 Å². The topological polar surface area (TPSA) is 119 Å². The number of likely N-dealkylation sites (tertiary alicyclic amines) is 1. The van der Waals surface area contributed by atoms with E-state index < -0.39 is 6.09 Å². The zero-order chi connectivity index (χ0) is 15.6. The van der Waals surface area contributed by atoms with Crippen LogP contribution in [-0.2, 0) is 9.59 Å². The van der Waals surface area contributed by atoms with E-state index in [0.717, 1.165) is 0 Å². The monoisotopic (exact) mass is 299 g/mol. The molecule has 4 atom stereocenters. The fourth-order valence-electron chi connectivity index (χ4n) is 3.06. The fraction of sp³-hybridized carbons (Fsp3) is 0.769. The maximum absolute atomic E-state index is 12.4. The number of hydrogen-bond donors (Lipinski definition) is 4. The molecule has 0 radical (unpaired) electrons. The lowest BCUT2D eigenvalue weighted by Gasteiger charge is -2.40. The Balaban J connectivity index is 1.88. The van der Waals surface area contributed by atoms with Gasteiger partial charge in [-0.15, -0.1) is 0 Å². The Morgan fingerprint density at radius 2 is 2.24 bits per heavy atom. The van der Waals surface area contributed by atoms with Gasteiger partial charge < -0.3 is 25.7 Å². The van der Waals surface area contributed by atoms with E-state index in [-0.39, 0.29) is 42.3 Å². The number of nitrogens with one attached hydrogen (secondary N) is 2. The maximum atomic E-state index is 12.4. The van der Waals surface area contributed by atoms with E-state index in [1.54, 1.807) is 11.8 Å². The van der Waals surface area contributed by atoms with Crippen LogP contribution in [0.25, 0.3) is 0 Å². The van der Waals surface area contributed by atoms with E-state index in [2.05, 4.69) is 10.6 Å². The highest BCUT2D eigenvalue weighted by Gasteiger charge is 2.45. The van der Waals surface area contributed by atoms with E-state index in [0.29, 0.717) is 25.9 Å². The highest BCUT2D eigenvalue weighted by molar-refractivity contribution is 5.89. The summed E-state index contributed by atoms with van der Waals surface area (Å²) in [6.45, 7) is 2.55. The van der Waals surface area contributed by atoms with Crippen LogP contribution in [0.15, 0.2) is 0 Å². The molecule has 8 heteroatoms. The molecule has 0 unspecified atom stereocenters. The molecular formula is C13H21N3O5. The summed E-state index contributed by atoms with van der Waals surface area (Å²) < 4.78 is 0. The summed E-state index contributed by atoms with van der Waals surface area (Å²) >= 11 is 0. The highest BCUT2D eigenvalue weighted by Crippen LogP contribution is 2.27. The molecule has 8 nitrogen and oxygen atoms in total. The lowest BCUT2D eigenvalue weighted by molar-refractivity contribution is -0.144. The number of carbonyl (C=O) groups is 3. The van der Waals surface area contributed by atoms with Gasteiger partial charge in [0.2, 0.25) is 11.8 Å². The van der Waals surface area contributed by atoms with Gasteiger partial charge in [0.15, 0.2) is 0 Å². The smallest absolute Gasteiger partial charge is 0.404 e. The highest BCUT2D eigenvalue weighted by atomic mass is 16.4. The molecule has 0 aromatic carbocycles. The standard InChI is InChI=1S/C13H21N3O5/c1-7(10-9(3-5-17)11(18)15-10)12(19)16-4-2-8(6-16)14-13(20)21/h7-10,14,17H,2-6H2,1H3,(H,15,18)(H,20,21)/t7-,8-,9+,10-/m1/s1. The van der Waals surface area contributed by atoms with E-state index in [4.69, 9.17) is 10.2 Å². The minimum absolute atomic E-state index is 0.0795. The van der Waals surface area contributed by atoms with Crippen LogP contribution in [-0.4, -0.2) is 64.8 Å². The van der Waals surface area contributed by atoms with Gasteiger partial charge in [-0.2, -0.15) is 0 Å². The predicted molar refractivity (Wildman–Crippen MR) is 72.4 cm³/mol. The molecule has 0 aliphatic carbocycles. The van der Waals surface area contributed by atoms with Crippen molar-refractivity contribution in [2.24, 2.45) is 11.8 Å². The summed E-state index contributed by atoms with van der Waals surface area (Å²) in [5.41, 5.74) is 0. The largest absolute Gasteiger partial charge is 0.465 e. The first-order chi connectivity index (χ1) is 9.93. The number of carboxylic acid groups (broad SMARTS) is 1. The Morgan fingerprint density at radius 3 is 2.81 bits per heavy atom. The van der Waals surface area contributed by atoms with Crippen LogP contribution in [0.3, 0.4) is 0 Å². The van der Waals surface area contributed by atoms with Crippen molar-refractivity contribution in [1.29, 1.82) is 0 Å². The van der Waals surface area contributed by atoms with Crippen LogP contribution in [0.5, 0.6) is 0 Å². The molecule has 0 aromatic heterocycles. The summed E-state index contributed by atoms with van der Waals surface area (Å²) in [6.07, 6.45) is -0.129. The van der Waals surface area contributed by atoms with Crippen LogP contribution in [0.4, 0.5) is 4.79 Å². The van der Waals surface area contributed by atoms with Gasteiger partial charge in [-0.25, -0.2) is 4.79 Å². The maximum Gasteiger partial charge on any atom is 0.404 e. The first-order valence-corrected chi connectivity index (χ1v) is 7.13. The molecule has 2 aliphatic rings. The normalized spacial score (nSPS) is 29.5. The third kappa shape index (κ3) is 3.26. The molecule has 2 rings (SSSR count). The quantitative estimate of drug-likeness (QED) is 0.485. The van der Waals surface area contributed by atoms with E-state index in [1.165, 1.54) is 0 Å². The van der Waals surface area contributed by atoms with E-state index in [1.807, 2.05) is 0 Å². The summed E-state index contributed by atoms with van der Waals surface area (Å²) in [5, 5.41) is 22.7. The average Bonchev–Trinajstić information content (AvgIpc) is 2.88. The average molecular weight is 299 g/mol. The van der Waals surface area contributed by atoms with Crippen molar-refractivity contribution in [2.45, 2.75) is 31.8 Å². The third-order valence-corrected chi connectivity index (χ3v) is 4.28. The minimum Gasteiger partial charge on any atom is -0.465 e. The number of hydrogen-bond acceptors (Lipinski definition) is 4. The molecule has 0 aromatic rings. The van der Waals surface area contributed by atoms with Crippen LogP contribution in [0.1, 0.15) is 19.8 Å². The number of rotatable bonds is 5. The Bertz CT molecular complexity index is 442. The van der Waals surface area contributed by atoms with Gasteiger partial charge >= 0.3 is 6.09 Å². The number of β-lactam (4-membered cyclic amide) rings is 1. The van der Waals surface area contributed by atoms with Crippen molar-refractivity contribution < 1.29 is 24.6 Å². The molecule has 0 saturated carbocycles. The number of amides is 3. The van der Waals surface area contributed by atoms with Crippen molar-refractivity contribution in [3.8, 4) is 0 Å². The Hall–Kier alpha value is -1.83. The second-order valence-electron chi connectivity index (χ2n) is 5.66. The van der Waals surface area contributed by atoms with Gasteiger partial charge in [-0.05, 0) is 12.8 Å². The molecule has 2 aliphatic heterocycles. The lowest BCUT2D eigenvalue weighted by atomic mass is 9.79. The van der Waals surface area contributed by atoms with E-state index in [9.17, 15) is 14.4 Å². The Labute approximate surface area is 122 Å². The first-order valence-electron chi connectivity index (χ1n) is 7.13. The van der Waals surface area contributed by atoms with Crippen molar-refractivity contribution in [2.75, 3.05) is 19.7 Å². The molecule has 21 heavy (non-hydrogen) atoms. The molecular weight excluding hydrogens is 278 g/mol. The molecule has 4 N–H and O–H groups in total. The van der Waals surface area contributed by atoms with Gasteiger partial charge in [0, 0.05) is 19.7 Å². The molecule has 3 amide bonds. The van der Waals surface area contributed by atoms with Gasteiger partial charge in [0.05, 0.1) is 23.9 Å². The van der Waals surface area contributed by atoms with Crippen molar-refractivity contribution in [3.63, 3.8) is 0 Å². The molecule has 2 fully saturated rings. The zero-order valence-corrected chi connectivity index (χ0v) is 11.9. The van der Waals surface area contributed by atoms with Gasteiger partial charge in [-0.3, -0.25) is 9.59 Å². The fourth-order valence-corrected chi connectivity index (χ4v) is 3.06. The molecule has 2 saturated heterocycles. The summed E-state index contributed by atoms with van der Waals surface area (Å²) in [4.78, 5) is 36.1. The molecule has 0 bridgehead atoms. The first kappa shape index (κ1) is 15.6. The van der Waals surface area contributed by atoms with Crippen molar-refractivity contribution >= 4 is 17.9 Å². The van der Waals surface area contributed by atoms with Crippen LogP contribution < -0.4 is 10.6 Å². The Kier molecular flexibility index (Phi) is 4.66. The number of nitrogens with zero attached hydrogens (tertiary/aromatic N) is 1. The molecule has 118 valence electrons. The van der Waals surface area contributed by atoms with Crippen molar-refractivity contribution in [3.05, 3.63) is 0 Å². The van der Waals surface area contributed by atoms with E-state index >= 15 is 0 Å². The predicted octanol–water partition coefficient (Wildman–Crippen LogP) is -1.01. The minimum atomic E-state index is -1.09. The van der Waals surface area contributed by atoms with Gasteiger partial charge in [0.1, 0.15) is 0 Å². The third-order valence-electron chi connectivity index (χ3n) is 4.28. The van der Waals surface area contributed by atoms with Gasteiger partial charge in [-0.1, -0.05) is 6.92 Å². The number of aliphatic hydroxyl groups excluding tert-OH is 1. The summed E-state index contributed by atoms with van der Waals surface area (Å²) in [5.74, 6) is -0.898. The van der Waals surface area contributed by atoms with Gasteiger partial charge in [0.25, 0.3) is 0 Å². The Morgan fingerprint density at radius 1 is 1.52 bits per heavy atom. The van der Waals surface area contributed by atoms with Crippen molar-refractivity contribution in [1.82, 2.24) is 15.5 Å². The molecule has 2 heterocycles. The van der Waals surface area contributed by atoms with Crippen LogP contribution >= 0.6 is 0 Å². The zero-order valence-electron chi connectivity index (χ0n) is 11.9. The van der Waals surface area contributed by atoms with Crippen LogP contribution in [0, 0.1) is 11.8 Å². The SMILES string of the molecule is C[C@@H](C(=O)N1CC[C@@H](NC(=O)O)C1)[C@H]1NC(=O)[C@H]1CCO. The number of carbonyl (C=O) groups excluding carboxylic acids is 2. The second-order valence-corrected chi connectivity index (χ2v) is 5.66. The second kappa shape index (κ2) is 6.30. The number of aliphatic hydroxyl groups is 1. The lowest BCUT2D eigenvalue weighted by Crippen LogP contribution is -2.63. The summed E-state index contributed by atoms with van der Waals surface area (Å²) in [7, 11) is 0.